The van der Waals surface area contributed by atoms with Gasteiger partial charge < -0.3 is 15.0 Å². The van der Waals surface area contributed by atoms with E-state index in [2.05, 4.69) is 21.2 Å². The number of fused-ring (bicyclic) bond motifs is 1. The van der Waals surface area contributed by atoms with Gasteiger partial charge in [0.2, 0.25) is 11.8 Å². The van der Waals surface area contributed by atoms with Crippen molar-refractivity contribution in [2.75, 3.05) is 25.5 Å². The minimum absolute atomic E-state index is 0.00643. The fourth-order valence-corrected chi connectivity index (χ4v) is 3.52. The predicted molar refractivity (Wildman–Crippen MR) is 104 cm³/mol. The number of benzene rings is 2. The topological polar surface area (TPSA) is 58.6 Å². The third-order valence-electron chi connectivity index (χ3n) is 4.45. The van der Waals surface area contributed by atoms with Crippen molar-refractivity contribution in [3.63, 3.8) is 0 Å². The molecule has 0 saturated heterocycles. The van der Waals surface area contributed by atoms with Gasteiger partial charge in [-0.25, -0.2) is 0 Å². The number of ether oxygens (including phenoxy) is 1. The zero-order chi connectivity index (χ0) is 18.7. The summed E-state index contributed by atoms with van der Waals surface area (Å²) < 4.78 is 6.64. The van der Waals surface area contributed by atoms with E-state index in [0.717, 1.165) is 27.0 Å². The number of likely N-dealkylation sites (N-methyl/N-ethyl adjacent to an activating group) is 1. The molecule has 0 fully saturated rings. The second-order valence-corrected chi connectivity index (χ2v) is 7.44. The van der Waals surface area contributed by atoms with Crippen LogP contribution in [-0.2, 0) is 16.0 Å². The Hall–Kier alpha value is -2.34. The Morgan fingerprint density at radius 2 is 2.04 bits per heavy atom. The number of carbonyl (C=O) groups excluding carboxylic acids is 2. The molecule has 1 heterocycles. The van der Waals surface area contributed by atoms with E-state index in [4.69, 9.17) is 4.74 Å². The molecule has 26 heavy (non-hydrogen) atoms. The summed E-state index contributed by atoms with van der Waals surface area (Å²) in [7, 11) is 1.65. The van der Waals surface area contributed by atoms with Gasteiger partial charge in [0.15, 0.2) is 0 Å². The third-order valence-corrected chi connectivity index (χ3v) is 4.94. The lowest BCUT2D eigenvalue weighted by molar-refractivity contribution is -0.138. The number of aryl methyl sites for hydroxylation is 1. The maximum Gasteiger partial charge on any atom is 0.243 e. The SMILES string of the molecule is Cc1cc(Br)ccc1NC(=O)CN(C)C(=O)C1COc2ccccc2C1. The summed E-state index contributed by atoms with van der Waals surface area (Å²) in [6, 6.07) is 13.4. The molecule has 1 unspecified atom stereocenters. The lowest BCUT2D eigenvalue weighted by Crippen LogP contribution is -2.42. The molecule has 0 bridgehead atoms. The van der Waals surface area contributed by atoms with Crippen LogP contribution < -0.4 is 10.1 Å². The molecule has 2 aromatic rings. The molecule has 1 aliphatic heterocycles. The van der Waals surface area contributed by atoms with Crippen molar-refractivity contribution in [2.24, 2.45) is 5.92 Å². The molecule has 0 spiro atoms. The first-order valence-electron chi connectivity index (χ1n) is 8.45. The highest BCUT2D eigenvalue weighted by Gasteiger charge is 2.28. The monoisotopic (exact) mass is 416 g/mol. The second-order valence-electron chi connectivity index (χ2n) is 6.52. The molecule has 2 aromatic carbocycles. The molecule has 0 radical (unpaired) electrons. The van der Waals surface area contributed by atoms with Gasteiger partial charge in [0.1, 0.15) is 12.4 Å². The normalized spacial score (nSPS) is 15.6. The van der Waals surface area contributed by atoms with E-state index >= 15 is 0 Å². The summed E-state index contributed by atoms with van der Waals surface area (Å²) in [6.45, 7) is 2.27. The Morgan fingerprint density at radius 3 is 2.81 bits per heavy atom. The van der Waals surface area contributed by atoms with E-state index < -0.39 is 0 Å². The molecule has 0 saturated carbocycles. The fraction of sp³-hybridized carbons (Fsp3) is 0.300. The number of anilines is 1. The number of hydrogen-bond acceptors (Lipinski definition) is 3. The highest BCUT2D eigenvalue weighted by atomic mass is 79.9. The van der Waals surface area contributed by atoms with Crippen LogP contribution in [0.5, 0.6) is 5.75 Å². The minimum Gasteiger partial charge on any atom is -0.492 e. The van der Waals surface area contributed by atoms with Crippen LogP contribution in [0.15, 0.2) is 46.9 Å². The molecule has 136 valence electrons. The van der Waals surface area contributed by atoms with Crippen LogP contribution in [0.25, 0.3) is 0 Å². The van der Waals surface area contributed by atoms with Gasteiger partial charge in [0.05, 0.1) is 12.5 Å². The summed E-state index contributed by atoms with van der Waals surface area (Å²) in [6.07, 6.45) is 0.632. The van der Waals surface area contributed by atoms with Crippen LogP contribution in [0.3, 0.4) is 0 Å². The van der Waals surface area contributed by atoms with Crippen molar-refractivity contribution < 1.29 is 14.3 Å². The Bertz CT molecular complexity index is 838. The van der Waals surface area contributed by atoms with Gasteiger partial charge in [-0.1, -0.05) is 34.1 Å². The van der Waals surface area contributed by atoms with Crippen LogP contribution in [0.2, 0.25) is 0 Å². The summed E-state index contributed by atoms with van der Waals surface area (Å²) in [4.78, 5) is 26.4. The Morgan fingerprint density at radius 1 is 1.27 bits per heavy atom. The van der Waals surface area contributed by atoms with E-state index in [0.29, 0.717) is 13.0 Å². The van der Waals surface area contributed by atoms with Crippen LogP contribution in [0.1, 0.15) is 11.1 Å². The number of rotatable bonds is 4. The number of hydrogen-bond donors (Lipinski definition) is 1. The first-order valence-corrected chi connectivity index (χ1v) is 9.25. The largest absolute Gasteiger partial charge is 0.492 e. The quantitative estimate of drug-likeness (QED) is 0.830. The Kier molecular flexibility index (Phi) is 5.61. The number of nitrogens with zero attached hydrogens (tertiary/aromatic N) is 1. The molecule has 0 aromatic heterocycles. The zero-order valence-electron chi connectivity index (χ0n) is 14.8. The number of nitrogens with one attached hydrogen (secondary N) is 1. The molecule has 1 aliphatic rings. The number of halogens is 1. The lowest BCUT2D eigenvalue weighted by atomic mass is 9.95. The van der Waals surface area contributed by atoms with E-state index in [1.165, 1.54) is 4.90 Å². The van der Waals surface area contributed by atoms with Gasteiger partial charge in [-0.15, -0.1) is 0 Å². The number of carbonyl (C=O) groups is 2. The van der Waals surface area contributed by atoms with Crippen LogP contribution in [0.4, 0.5) is 5.69 Å². The zero-order valence-corrected chi connectivity index (χ0v) is 16.4. The number of amides is 2. The molecular weight excluding hydrogens is 396 g/mol. The van der Waals surface area contributed by atoms with Crippen molar-refractivity contribution >= 4 is 33.4 Å². The van der Waals surface area contributed by atoms with Gasteiger partial charge in [-0.3, -0.25) is 9.59 Å². The van der Waals surface area contributed by atoms with Crippen LogP contribution in [-0.4, -0.2) is 36.9 Å². The van der Waals surface area contributed by atoms with E-state index in [9.17, 15) is 9.59 Å². The summed E-state index contributed by atoms with van der Waals surface area (Å²) in [5, 5.41) is 2.86. The van der Waals surface area contributed by atoms with Crippen LogP contribution >= 0.6 is 15.9 Å². The van der Waals surface area contributed by atoms with Gasteiger partial charge in [0.25, 0.3) is 0 Å². The molecule has 0 aliphatic carbocycles. The highest BCUT2D eigenvalue weighted by Crippen LogP contribution is 2.27. The average molecular weight is 417 g/mol. The standard InChI is InChI=1S/C20H21BrN2O3/c1-13-9-16(21)7-8-17(13)22-19(24)11-23(2)20(25)15-10-14-5-3-4-6-18(14)26-12-15/h3-9,15H,10-12H2,1-2H3,(H,22,24). The Labute approximate surface area is 161 Å². The van der Waals surface area contributed by atoms with Gasteiger partial charge in [-0.2, -0.15) is 0 Å². The summed E-state index contributed by atoms with van der Waals surface area (Å²) in [5.74, 6) is 0.269. The van der Waals surface area contributed by atoms with Gasteiger partial charge >= 0.3 is 0 Å². The van der Waals surface area contributed by atoms with Crippen molar-refractivity contribution in [1.29, 1.82) is 0 Å². The van der Waals surface area contributed by atoms with Crippen molar-refractivity contribution in [1.82, 2.24) is 4.90 Å². The van der Waals surface area contributed by atoms with Gasteiger partial charge in [-0.05, 0) is 48.7 Å². The summed E-state index contributed by atoms with van der Waals surface area (Å²) >= 11 is 3.40. The molecule has 1 atom stereocenters. The lowest BCUT2D eigenvalue weighted by Gasteiger charge is -2.28. The molecule has 5 nitrogen and oxygen atoms in total. The smallest absolute Gasteiger partial charge is 0.243 e. The van der Waals surface area contributed by atoms with E-state index in [-0.39, 0.29) is 24.3 Å². The average Bonchev–Trinajstić information content (AvgIpc) is 2.63. The molecule has 2 amide bonds. The molecular formula is C20H21BrN2O3. The minimum atomic E-state index is -0.267. The summed E-state index contributed by atoms with van der Waals surface area (Å²) in [5.41, 5.74) is 2.73. The first kappa shape index (κ1) is 18.5. The molecule has 6 heteroatoms. The van der Waals surface area contributed by atoms with E-state index in [1.807, 2.05) is 49.4 Å². The second kappa shape index (κ2) is 7.91. The van der Waals surface area contributed by atoms with Crippen LogP contribution in [0, 0.1) is 12.8 Å². The third kappa shape index (κ3) is 4.25. The fourth-order valence-electron chi connectivity index (χ4n) is 3.05. The molecule has 3 rings (SSSR count). The van der Waals surface area contributed by atoms with Crippen molar-refractivity contribution in [3.05, 3.63) is 58.1 Å². The first-order chi connectivity index (χ1) is 12.4. The maximum atomic E-state index is 12.7. The highest BCUT2D eigenvalue weighted by molar-refractivity contribution is 9.10. The predicted octanol–water partition coefficient (Wildman–Crippen LogP) is 3.41. The Balaban J connectivity index is 1.58. The molecule has 1 N–H and O–H groups in total. The maximum absolute atomic E-state index is 12.7. The van der Waals surface area contributed by atoms with Crippen molar-refractivity contribution in [2.45, 2.75) is 13.3 Å². The van der Waals surface area contributed by atoms with Crippen molar-refractivity contribution in [3.8, 4) is 5.75 Å². The van der Waals surface area contributed by atoms with E-state index in [1.54, 1.807) is 7.05 Å². The number of para-hydroxylation sites is 1. The van der Waals surface area contributed by atoms with Gasteiger partial charge in [0, 0.05) is 17.2 Å².